The quantitative estimate of drug-likeness (QED) is 0.0646. The Bertz CT molecular complexity index is 1880. The minimum atomic E-state index is -0.986. The fourth-order valence-electron chi connectivity index (χ4n) is 5.17. The van der Waals surface area contributed by atoms with E-state index >= 15 is 0 Å². The third-order valence-electron chi connectivity index (χ3n) is 7.41. The molecule has 0 saturated carbocycles. The van der Waals surface area contributed by atoms with Crippen molar-refractivity contribution < 1.29 is 23.8 Å². The van der Waals surface area contributed by atoms with Crippen molar-refractivity contribution in [2.45, 2.75) is 29.5 Å². The van der Waals surface area contributed by atoms with E-state index in [1.54, 1.807) is 0 Å². The summed E-state index contributed by atoms with van der Waals surface area (Å²) in [5.74, 6) is -2.30. The first kappa shape index (κ1) is 28.6. The molecule has 4 aromatic carbocycles. The minimum Gasteiger partial charge on any atom is -0.507 e. The van der Waals surface area contributed by atoms with Gasteiger partial charge in [0.25, 0.3) is 5.78 Å². The van der Waals surface area contributed by atoms with Crippen LogP contribution in [0.25, 0.3) is 16.5 Å². The van der Waals surface area contributed by atoms with E-state index < -0.39 is 29.3 Å². The van der Waals surface area contributed by atoms with Crippen molar-refractivity contribution in [3.05, 3.63) is 119 Å². The van der Waals surface area contributed by atoms with Crippen molar-refractivity contribution >= 4 is 56.5 Å². The van der Waals surface area contributed by atoms with Gasteiger partial charge in [-0.05, 0) is 52.1 Å². The zero-order valence-electron chi connectivity index (χ0n) is 23.3. The van der Waals surface area contributed by atoms with Gasteiger partial charge in [0.2, 0.25) is 5.13 Å². The lowest BCUT2D eigenvalue weighted by Crippen LogP contribution is -2.29. The number of carbonyl (C=O) groups excluding carboxylic acids is 2. The Morgan fingerprint density at radius 2 is 1.79 bits per heavy atom. The van der Waals surface area contributed by atoms with Gasteiger partial charge in [0.15, 0.2) is 15.9 Å². The number of aryl methyl sites for hydroxylation is 1. The monoisotopic (exact) mass is 611 g/mol. The van der Waals surface area contributed by atoms with Crippen LogP contribution in [-0.4, -0.2) is 34.1 Å². The highest BCUT2D eigenvalue weighted by Gasteiger charge is 2.48. The standard InChI is InChI=1S/C33H26FN3O4S2/c1-3-19-11-13-21(14-12-19)28-27(29(38)22-15-16-26(41-2)25(34)17-22)30(39)31(40)37(28)32-35-36-33(43-32)42-18-23-9-6-8-20-7-4-5-10-24(20)23/h4-17,28,38H,3,18H2,1-2H3/t28-/m0/s1. The van der Waals surface area contributed by atoms with Crippen molar-refractivity contribution in [1.82, 2.24) is 10.2 Å². The molecular weight excluding hydrogens is 586 g/mol. The van der Waals surface area contributed by atoms with Crippen molar-refractivity contribution in [3.8, 4) is 5.75 Å². The number of halogens is 1. The first-order valence-electron chi connectivity index (χ1n) is 13.6. The minimum absolute atomic E-state index is 0.00825. The van der Waals surface area contributed by atoms with Crippen molar-refractivity contribution in [2.24, 2.45) is 0 Å². The van der Waals surface area contributed by atoms with E-state index in [0.29, 0.717) is 15.7 Å². The molecule has 2 heterocycles. The van der Waals surface area contributed by atoms with E-state index in [0.717, 1.165) is 34.4 Å². The van der Waals surface area contributed by atoms with Gasteiger partial charge in [-0.25, -0.2) is 4.39 Å². The molecule has 1 N–H and O–H groups in total. The van der Waals surface area contributed by atoms with Gasteiger partial charge in [-0.1, -0.05) is 96.8 Å². The Labute approximate surface area is 255 Å². The molecule has 1 amide bonds. The third kappa shape index (κ3) is 5.39. The number of benzene rings is 4. The molecule has 1 aromatic heterocycles. The number of Topliss-reactive ketones (excluding diaryl/α,β-unsaturated/α-hetero) is 1. The fourth-order valence-corrected chi connectivity index (χ4v) is 7.04. The van der Waals surface area contributed by atoms with Gasteiger partial charge in [-0.3, -0.25) is 14.5 Å². The van der Waals surface area contributed by atoms with Gasteiger partial charge < -0.3 is 9.84 Å². The van der Waals surface area contributed by atoms with Crippen LogP contribution in [-0.2, 0) is 21.8 Å². The van der Waals surface area contributed by atoms with E-state index in [1.807, 2.05) is 49.4 Å². The number of thioether (sulfide) groups is 1. The van der Waals surface area contributed by atoms with E-state index in [2.05, 4.69) is 34.5 Å². The second kappa shape index (κ2) is 12.0. The maximum atomic E-state index is 14.6. The van der Waals surface area contributed by atoms with Crippen LogP contribution in [0.2, 0.25) is 0 Å². The largest absolute Gasteiger partial charge is 0.507 e. The lowest BCUT2D eigenvalue weighted by molar-refractivity contribution is -0.132. The highest BCUT2D eigenvalue weighted by molar-refractivity contribution is 8.00. The molecule has 1 aliphatic rings. The number of ketones is 1. The summed E-state index contributed by atoms with van der Waals surface area (Å²) in [6.07, 6.45) is 0.805. The molecule has 0 aliphatic carbocycles. The molecule has 0 spiro atoms. The smallest absolute Gasteiger partial charge is 0.301 e. The second-order valence-electron chi connectivity index (χ2n) is 9.89. The average Bonchev–Trinajstić information content (AvgIpc) is 3.61. The maximum absolute atomic E-state index is 14.6. The predicted molar refractivity (Wildman–Crippen MR) is 167 cm³/mol. The first-order valence-corrected chi connectivity index (χ1v) is 15.4. The van der Waals surface area contributed by atoms with Crippen LogP contribution in [0.1, 0.15) is 35.2 Å². The lowest BCUT2D eigenvalue weighted by Gasteiger charge is -2.22. The number of ether oxygens (including phenoxy) is 1. The van der Waals surface area contributed by atoms with E-state index in [9.17, 15) is 19.1 Å². The Morgan fingerprint density at radius 3 is 2.53 bits per heavy atom. The number of nitrogens with zero attached hydrogens (tertiary/aromatic N) is 3. The predicted octanol–water partition coefficient (Wildman–Crippen LogP) is 7.32. The van der Waals surface area contributed by atoms with Gasteiger partial charge in [0.1, 0.15) is 5.76 Å². The summed E-state index contributed by atoms with van der Waals surface area (Å²) in [5, 5.41) is 22.5. The van der Waals surface area contributed by atoms with Crippen molar-refractivity contribution in [1.29, 1.82) is 0 Å². The number of aliphatic hydroxyl groups excluding tert-OH is 1. The molecule has 1 saturated heterocycles. The highest BCUT2D eigenvalue weighted by atomic mass is 32.2. The molecule has 6 rings (SSSR count). The molecule has 10 heteroatoms. The van der Waals surface area contributed by atoms with Crippen LogP contribution in [0.15, 0.2) is 94.8 Å². The van der Waals surface area contributed by atoms with Crippen LogP contribution >= 0.6 is 23.1 Å². The van der Waals surface area contributed by atoms with Gasteiger partial charge >= 0.3 is 5.91 Å². The molecule has 1 aliphatic heterocycles. The van der Waals surface area contributed by atoms with Gasteiger partial charge in [-0.2, -0.15) is 0 Å². The fraction of sp³-hybridized carbons (Fsp3) is 0.152. The molecule has 216 valence electrons. The van der Waals surface area contributed by atoms with Crippen molar-refractivity contribution in [3.63, 3.8) is 0 Å². The molecule has 0 unspecified atom stereocenters. The van der Waals surface area contributed by atoms with E-state index in [-0.39, 0.29) is 22.0 Å². The van der Waals surface area contributed by atoms with Gasteiger partial charge in [0, 0.05) is 11.3 Å². The SMILES string of the molecule is CCc1ccc([C@H]2C(=C(O)c3ccc(OC)c(F)c3)C(=O)C(=O)N2c2nnc(SCc3cccc4ccccc34)s2)cc1. The number of hydrogen-bond acceptors (Lipinski definition) is 8. The number of aromatic nitrogens is 2. The molecule has 5 aromatic rings. The summed E-state index contributed by atoms with van der Waals surface area (Å²) in [6.45, 7) is 2.03. The summed E-state index contributed by atoms with van der Waals surface area (Å²) in [4.78, 5) is 28.3. The van der Waals surface area contributed by atoms with Crippen LogP contribution in [0.4, 0.5) is 9.52 Å². The number of anilines is 1. The second-order valence-corrected chi connectivity index (χ2v) is 12.1. The normalized spacial score (nSPS) is 16.3. The topological polar surface area (TPSA) is 92.6 Å². The third-order valence-corrected chi connectivity index (χ3v) is 9.51. The Hall–Kier alpha value is -4.54. The summed E-state index contributed by atoms with van der Waals surface area (Å²) in [6, 6.07) is 24.6. The molecule has 0 bridgehead atoms. The van der Waals surface area contributed by atoms with E-state index in [1.165, 1.54) is 47.2 Å². The Morgan fingerprint density at radius 1 is 1.02 bits per heavy atom. The Balaban J connectivity index is 1.38. The maximum Gasteiger partial charge on any atom is 0.301 e. The Kier molecular flexibility index (Phi) is 7.96. The van der Waals surface area contributed by atoms with Gasteiger partial charge in [-0.15, -0.1) is 10.2 Å². The molecule has 1 atom stereocenters. The van der Waals surface area contributed by atoms with Gasteiger partial charge in [0.05, 0.1) is 18.7 Å². The number of fused-ring (bicyclic) bond motifs is 1. The highest BCUT2D eigenvalue weighted by Crippen LogP contribution is 2.44. The zero-order valence-corrected chi connectivity index (χ0v) is 24.9. The molecule has 43 heavy (non-hydrogen) atoms. The number of methoxy groups -OCH3 is 1. The number of rotatable bonds is 8. The average molecular weight is 612 g/mol. The number of hydrogen-bond donors (Lipinski definition) is 1. The number of amides is 1. The zero-order chi connectivity index (χ0) is 30.1. The molecule has 0 radical (unpaired) electrons. The van der Waals surface area contributed by atoms with Crippen LogP contribution in [0, 0.1) is 5.82 Å². The molecule has 7 nitrogen and oxygen atoms in total. The van der Waals surface area contributed by atoms with Crippen molar-refractivity contribution in [2.75, 3.05) is 12.0 Å². The van der Waals surface area contributed by atoms with Crippen LogP contribution in [0.3, 0.4) is 0 Å². The summed E-state index contributed by atoms with van der Waals surface area (Å²) in [7, 11) is 1.33. The lowest BCUT2D eigenvalue weighted by atomic mass is 9.94. The number of carbonyl (C=O) groups is 2. The summed E-state index contributed by atoms with van der Waals surface area (Å²) < 4.78 is 20.2. The first-order chi connectivity index (χ1) is 20.9. The van der Waals surface area contributed by atoms with Crippen LogP contribution < -0.4 is 9.64 Å². The van der Waals surface area contributed by atoms with Crippen LogP contribution in [0.5, 0.6) is 5.75 Å². The number of aliphatic hydroxyl groups is 1. The summed E-state index contributed by atoms with van der Waals surface area (Å²) in [5.41, 5.74) is 2.71. The molecule has 1 fully saturated rings. The van der Waals surface area contributed by atoms with E-state index in [4.69, 9.17) is 4.74 Å². The molecular formula is C33H26FN3O4S2. The summed E-state index contributed by atoms with van der Waals surface area (Å²) >= 11 is 2.68.